The molecular weight excluding hydrogens is 304 g/mol. The van der Waals surface area contributed by atoms with E-state index in [-0.39, 0.29) is 0 Å². The number of anilines is 1. The zero-order valence-electron chi connectivity index (χ0n) is 13.3. The third kappa shape index (κ3) is 3.78. The van der Waals surface area contributed by atoms with Crippen molar-refractivity contribution in [1.29, 1.82) is 0 Å². The molecule has 3 rings (SSSR count). The fraction of sp³-hybridized carbons (Fsp3) is 0.167. The quantitative estimate of drug-likeness (QED) is 0.727. The zero-order chi connectivity index (χ0) is 16.9. The number of aromatic nitrogens is 2. The van der Waals surface area contributed by atoms with Gasteiger partial charge in [-0.05, 0) is 36.2 Å². The van der Waals surface area contributed by atoms with E-state index in [1.165, 1.54) is 0 Å². The second kappa shape index (κ2) is 6.95. The van der Waals surface area contributed by atoms with Gasteiger partial charge in [0.1, 0.15) is 0 Å². The maximum absolute atomic E-state index is 11.2. The SMILES string of the molecule is Cc1cc(NCc2nnc(Cc3ccccc3)o2)ccc1C(N)=O. The lowest BCUT2D eigenvalue weighted by molar-refractivity contribution is 0.0999. The minimum Gasteiger partial charge on any atom is -0.423 e. The van der Waals surface area contributed by atoms with Crippen molar-refractivity contribution in [2.24, 2.45) is 5.73 Å². The smallest absolute Gasteiger partial charge is 0.248 e. The van der Waals surface area contributed by atoms with Gasteiger partial charge < -0.3 is 15.5 Å². The number of hydrogen-bond donors (Lipinski definition) is 2. The van der Waals surface area contributed by atoms with Crippen LogP contribution in [0, 0.1) is 6.92 Å². The summed E-state index contributed by atoms with van der Waals surface area (Å²) < 4.78 is 5.64. The Kier molecular flexibility index (Phi) is 4.56. The van der Waals surface area contributed by atoms with E-state index in [4.69, 9.17) is 10.2 Å². The summed E-state index contributed by atoms with van der Waals surface area (Å²) in [6.45, 7) is 2.26. The second-order valence-corrected chi connectivity index (χ2v) is 5.50. The van der Waals surface area contributed by atoms with E-state index in [0.29, 0.717) is 30.3 Å². The van der Waals surface area contributed by atoms with Crippen LogP contribution in [0.3, 0.4) is 0 Å². The van der Waals surface area contributed by atoms with Crippen molar-refractivity contribution in [3.05, 3.63) is 77.0 Å². The fourth-order valence-corrected chi connectivity index (χ4v) is 2.43. The molecule has 0 bridgehead atoms. The summed E-state index contributed by atoms with van der Waals surface area (Å²) in [7, 11) is 0. The van der Waals surface area contributed by atoms with Crippen molar-refractivity contribution in [2.45, 2.75) is 19.9 Å². The highest BCUT2D eigenvalue weighted by Gasteiger charge is 2.08. The van der Waals surface area contributed by atoms with E-state index < -0.39 is 5.91 Å². The van der Waals surface area contributed by atoms with Gasteiger partial charge in [-0.25, -0.2) is 0 Å². The van der Waals surface area contributed by atoms with Crippen LogP contribution >= 0.6 is 0 Å². The predicted octanol–water partition coefficient (Wildman–Crippen LogP) is 2.68. The van der Waals surface area contributed by atoms with E-state index >= 15 is 0 Å². The number of benzene rings is 2. The molecule has 0 saturated carbocycles. The Bertz CT molecular complexity index is 843. The van der Waals surface area contributed by atoms with Crippen LogP contribution in [0.2, 0.25) is 0 Å². The molecule has 0 aliphatic rings. The first-order chi connectivity index (χ1) is 11.6. The summed E-state index contributed by atoms with van der Waals surface area (Å²) in [4.78, 5) is 11.2. The van der Waals surface area contributed by atoms with Crippen LogP contribution in [-0.2, 0) is 13.0 Å². The Morgan fingerprint density at radius 3 is 2.58 bits per heavy atom. The average molecular weight is 322 g/mol. The van der Waals surface area contributed by atoms with Crippen LogP contribution in [-0.4, -0.2) is 16.1 Å². The Morgan fingerprint density at radius 1 is 1.12 bits per heavy atom. The molecule has 3 N–H and O–H groups in total. The van der Waals surface area contributed by atoms with Crippen molar-refractivity contribution in [3.8, 4) is 0 Å². The van der Waals surface area contributed by atoms with Gasteiger partial charge in [0, 0.05) is 11.3 Å². The zero-order valence-corrected chi connectivity index (χ0v) is 13.3. The monoisotopic (exact) mass is 322 g/mol. The molecule has 0 fully saturated rings. The predicted molar refractivity (Wildman–Crippen MR) is 90.6 cm³/mol. The van der Waals surface area contributed by atoms with Crippen LogP contribution in [0.5, 0.6) is 0 Å². The van der Waals surface area contributed by atoms with E-state index in [9.17, 15) is 4.79 Å². The van der Waals surface area contributed by atoms with Crippen LogP contribution in [0.4, 0.5) is 5.69 Å². The third-order valence-electron chi connectivity index (χ3n) is 3.64. The molecule has 1 aromatic heterocycles. The Labute approximate surface area is 139 Å². The molecule has 3 aromatic rings. The largest absolute Gasteiger partial charge is 0.423 e. The Morgan fingerprint density at radius 2 is 1.88 bits per heavy atom. The van der Waals surface area contributed by atoms with E-state index in [2.05, 4.69) is 15.5 Å². The van der Waals surface area contributed by atoms with Crippen LogP contribution < -0.4 is 11.1 Å². The van der Waals surface area contributed by atoms with Crippen molar-refractivity contribution in [3.63, 3.8) is 0 Å². The molecule has 2 aromatic carbocycles. The van der Waals surface area contributed by atoms with Gasteiger partial charge in [-0.1, -0.05) is 30.3 Å². The molecule has 0 unspecified atom stereocenters. The highest BCUT2D eigenvalue weighted by atomic mass is 16.4. The normalized spacial score (nSPS) is 10.5. The fourth-order valence-electron chi connectivity index (χ4n) is 2.43. The van der Waals surface area contributed by atoms with Gasteiger partial charge in [-0.15, -0.1) is 10.2 Å². The summed E-state index contributed by atoms with van der Waals surface area (Å²) >= 11 is 0. The highest BCUT2D eigenvalue weighted by molar-refractivity contribution is 5.94. The number of nitrogens with two attached hydrogens (primary N) is 1. The average Bonchev–Trinajstić information content (AvgIpc) is 3.01. The van der Waals surface area contributed by atoms with Gasteiger partial charge in [0.25, 0.3) is 0 Å². The number of rotatable bonds is 6. The maximum atomic E-state index is 11.2. The number of primary amides is 1. The van der Waals surface area contributed by atoms with Crippen LogP contribution in [0.25, 0.3) is 0 Å². The Hall–Kier alpha value is -3.15. The van der Waals surface area contributed by atoms with Crippen LogP contribution in [0.1, 0.15) is 33.3 Å². The first-order valence-corrected chi connectivity index (χ1v) is 7.61. The number of amides is 1. The lowest BCUT2D eigenvalue weighted by Crippen LogP contribution is -2.12. The van der Waals surface area contributed by atoms with Gasteiger partial charge in [0.05, 0.1) is 13.0 Å². The van der Waals surface area contributed by atoms with E-state index in [1.54, 1.807) is 12.1 Å². The van der Waals surface area contributed by atoms with Gasteiger partial charge in [-0.3, -0.25) is 4.79 Å². The summed E-state index contributed by atoms with van der Waals surface area (Å²) in [5.41, 5.74) is 8.63. The summed E-state index contributed by atoms with van der Waals surface area (Å²) in [5, 5.41) is 11.3. The van der Waals surface area contributed by atoms with Gasteiger partial charge in [-0.2, -0.15) is 0 Å². The standard InChI is InChI=1S/C18H18N4O2/c1-12-9-14(7-8-15(12)18(19)23)20-11-17-22-21-16(24-17)10-13-5-3-2-4-6-13/h2-9,20H,10-11H2,1H3,(H2,19,23). The summed E-state index contributed by atoms with van der Waals surface area (Å²) in [6, 6.07) is 15.3. The molecular formula is C18H18N4O2. The van der Waals surface area contributed by atoms with Crippen molar-refractivity contribution >= 4 is 11.6 Å². The van der Waals surface area contributed by atoms with E-state index in [0.717, 1.165) is 16.8 Å². The van der Waals surface area contributed by atoms with Gasteiger partial charge >= 0.3 is 0 Å². The first kappa shape index (κ1) is 15.7. The topological polar surface area (TPSA) is 94.0 Å². The molecule has 0 saturated heterocycles. The van der Waals surface area contributed by atoms with Gasteiger partial charge in [0.15, 0.2) is 0 Å². The molecule has 24 heavy (non-hydrogen) atoms. The minimum absolute atomic E-state index is 0.414. The second-order valence-electron chi connectivity index (χ2n) is 5.50. The summed E-state index contributed by atoms with van der Waals surface area (Å²) in [6.07, 6.45) is 0.611. The minimum atomic E-state index is -0.429. The maximum Gasteiger partial charge on any atom is 0.248 e. The number of nitrogens with one attached hydrogen (secondary N) is 1. The molecule has 122 valence electrons. The lowest BCUT2D eigenvalue weighted by Gasteiger charge is -2.07. The molecule has 0 spiro atoms. The third-order valence-corrected chi connectivity index (χ3v) is 3.64. The molecule has 6 heteroatoms. The summed E-state index contributed by atoms with van der Waals surface area (Å²) in [5.74, 6) is 0.664. The molecule has 6 nitrogen and oxygen atoms in total. The molecule has 0 aliphatic heterocycles. The lowest BCUT2D eigenvalue weighted by atomic mass is 10.1. The highest BCUT2D eigenvalue weighted by Crippen LogP contribution is 2.16. The van der Waals surface area contributed by atoms with Crippen LogP contribution in [0.15, 0.2) is 52.9 Å². The molecule has 1 amide bonds. The number of hydrogen-bond acceptors (Lipinski definition) is 5. The van der Waals surface area contributed by atoms with Gasteiger partial charge in [0.2, 0.25) is 17.7 Å². The Balaban J connectivity index is 1.61. The van der Waals surface area contributed by atoms with Crippen molar-refractivity contribution < 1.29 is 9.21 Å². The first-order valence-electron chi connectivity index (χ1n) is 7.61. The van der Waals surface area contributed by atoms with E-state index in [1.807, 2.05) is 43.3 Å². The number of nitrogens with zero attached hydrogens (tertiary/aromatic N) is 2. The number of carbonyl (C=O) groups is 1. The molecule has 1 heterocycles. The molecule has 0 aliphatic carbocycles. The number of carbonyl (C=O) groups excluding carboxylic acids is 1. The number of aryl methyl sites for hydroxylation is 1. The van der Waals surface area contributed by atoms with Crippen molar-refractivity contribution in [2.75, 3.05) is 5.32 Å². The van der Waals surface area contributed by atoms with Crippen molar-refractivity contribution in [1.82, 2.24) is 10.2 Å². The molecule has 0 radical (unpaired) electrons. The molecule has 0 atom stereocenters.